The highest BCUT2D eigenvalue weighted by Gasteiger charge is 2.20. The van der Waals surface area contributed by atoms with E-state index >= 15 is 0 Å². The molecule has 0 amide bonds. The van der Waals surface area contributed by atoms with E-state index in [4.69, 9.17) is 16.5 Å². The second kappa shape index (κ2) is 10.8. The number of rotatable bonds is 7. The van der Waals surface area contributed by atoms with E-state index in [-0.39, 0.29) is 18.4 Å². The quantitative estimate of drug-likeness (QED) is 0.317. The van der Waals surface area contributed by atoms with Crippen LogP contribution in [0.1, 0.15) is 37.3 Å². The van der Waals surface area contributed by atoms with Gasteiger partial charge in [-0.15, -0.1) is 12.4 Å². The summed E-state index contributed by atoms with van der Waals surface area (Å²) >= 11 is 0. The Morgan fingerprint density at radius 2 is 1.79 bits per heavy atom. The predicted molar refractivity (Wildman–Crippen MR) is 139 cm³/mol. The minimum atomic E-state index is -0.0141. The lowest BCUT2D eigenvalue weighted by Crippen LogP contribution is -2.33. The van der Waals surface area contributed by atoms with E-state index in [1.165, 1.54) is 0 Å². The summed E-state index contributed by atoms with van der Waals surface area (Å²) in [4.78, 5) is 14.1. The highest BCUT2D eigenvalue weighted by Crippen LogP contribution is 2.26. The molecule has 0 bridgehead atoms. The molecule has 6 N–H and O–H groups in total. The third-order valence-corrected chi connectivity index (χ3v) is 6.31. The summed E-state index contributed by atoms with van der Waals surface area (Å²) in [5.74, 6) is 1.57. The van der Waals surface area contributed by atoms with Gasteiger partial charge in [-0.1, -0.05) is 36.4 Å². The van der Waals surface area contributed by atoms with Gasteiger partial charge in [0.25, 0.3) is 0 Å². The monoisotopic (exact) mass is 478 g/mol. The van der Waals surface area contributed by atoms with E-state index in [9.17, 15) is 0 Å². The van der Waals surface area contributed by atoms with Gasteiger partial charge in [0, 0.05) is 31.0 Å². The standard InChI is InChI=1S/C25H30N8.ClH/c26-15-21(17-5-2-1-3-6-17)32-23-8-4-7-20(31-23)22-16-29-25-24(28-13-14-33(22)25)30-19-11-9-18(27)10-12-19;/h1-8,13-14,16,18-19,21H,9-12,15,26-27H2,(H,28,30)(H,31,32);1H. The van der Waals surface area contributed by atoms with Crippen molar-refractivity contribution in [3.8, 4) is 11.4 Å². The van der Waals surface area contributed by atoms with Crippen molar-refractivity contribution in [1.29, 1.82) is 0 Å². The zero-order chi connectivity index (χ0) is 22.6. The van der Waals surface area contributed by atoms with Gasteiger partial charge in [0.05, 0.1) is 23.6 Å². The zero-order valence-electron chi connectivity index (χ0n) is 19.0. The Labute approximate surface area is 205 Å². The lowest BCUT2D eigenvalue weighted by molar-refractivity contribution is 0.410. The van der Waals surface area contributed by atoms with Crippen molar-refractivity contribution in [2.45, 2.75) is 43.8 Å². The van der Waals surface area contributed by atoms with E-state index in [0.717, 1.165) is 59.9 Å². The molecule has 1 fully saturated rings. The minimum absolute atomic E-state index is 0. The van der Waals surface area contributed by atoms with Crippen molar-refractivity contribution in [3.63, 3.8) is 0 Å². The molecule has 0 aliphatic heterocycles. The highest BCUT2D eigenvalue weighted by molar-refractivity contribution is 5.85. The van der Waals surface area contributed by atoms with Crippen molar-refractivity contribution < 1.29 is 0 Å². The van der Waals surface area contributed by atoms with Crippen molar-refractivity contribution >= 4 is 29.7 Å². The molecule has 9 heteroatoms. The van der Waals surface area contributed by atoms with Crippen LogP contribution in [0.2, 0.25) is 0 Å². The van der Waals surface area contributed by atoms with Crippen LogP contribution in [-0.2, 0) is 0 Å². The molecule has 1 unspecified atom stereocenters. The summed E-state index contributed by atoms with van der Waals surface area (Å²) in [7, 11) is 0. The molecule has 34 heavy (non-hydrogen) atoms. The number of nitrogens with one attached hydrogen (secondary N) is 2. The summed E-state index contributed by atoms with van der Waals surface area (Å²) in [6, 6.07) is 16.8. The summed E-state index contributed by atoms with van der Waals surface area (Å²) in [6.07, 6.45) is 9.76. The number of nitrogens with two attached hydrogens (primary N) is 2. The highest BCUT2D eigenvalue weighted by atomic mass is 35.5. The number of hydrogen-bond acceptors (Lipinski definition) is 7. The zero-order valence-corrected chi connectivity index (χ0v) is 19.8. The van der Waals surface area contributed by atoms with Crippen LogP contribution in [0.5, 0.6) is 0 Å². The number of fused-ring (bicyclic) bond motifs is 1. The van der Waals surface area contributed by atoms with E-state index < -0.39 is 0 Å². The number of hydrogen-bond donors (Lipinski definition) is 4. The number of pyridine rings is 1. The third kappa shape index (κ3) is 5.14. The second-order valence-electron chi connectivity index (χ2n) is 8.62. The van der Waals surface area contributed by atoms with Gasteiger partial charge in [-0.05, 0) is 43.4 Å². The predicted octanol–water partition coefficient (Wildman–Crippen LogP) is 4.01. The Hall–Kier alpha value is -3.20. The smallest absolute Gasteiger partial charge is 0.180 e. The number of nitrogens with zero attached hydrogens (tertiary/aromatic N) is 4. The maximum atomic E-state index is 6.05. The molecular formula is C25H31ClN8. The Bertz CT molecular complexity index is 1200. The van der Waals surface area contributed by atoms with E-state index in [0.29, 0.717) is 18.6 Å². The molecule has 0 radical (unpaired) electrons. The molecule has 1 saturated carbocycles. The summed E-state index contributed by atoms with van der Waals surface area (Å²) in [5.41, 5.74) is 15.8. The van der Waals surface area contributed by atoms with Crippen LogP contribution in [0.4, 0.5) is 11.6 Å². The molecule has 1 aromatic carbocycles. The van der Waals surface area contributed by atoms with Gasteiger partial charge in [-0.3, -0.25) is 4.40 Å². The fourth-order valence-electron chi connectivity index (χ4n) is 4.47. The average Bonchev–Trinajstić information content (AvgIpc) is 3.30. The molecule has 5 rings (SSSR count). The molecular weight excluding hydrogens is 448 g/mol. The van der Waals surface area contributed by atoms with Crippen LogP contribution in [0.25, 0.3) is 17.0 Å². The van der Waals surface area contributed by atoms with Crippen molar-refractivity contribution in [2.24, 2.45) is 11.5 Å². The third-order valence-electron chi connectivity index (χ3n) is 6.31. The van der Waals surface area contributed by atoms with Gasteiger partial charge in [-0.25, -0.2) is 15.0 Å². The minimum Gasteiger partial charge on any atom is -0.364 e. The summed E-state index contributed by atoms with van der Waals surface area (Å²) in [5, 5.41) is 7.04. The Morgan fingerprint density at radius 3 is 2.56 bits per heavy atom. The average molecular weight is 479 g/mol. The topological polar surface area (TPSA) is 119 Å². The fourth-order valence-corrected chi connectivity index (χ4v) is 4.47. The van der Waals surface area contributed by atoms with Gasteiger partial charge < -0.3 is 22.1 Å². The molecule has 4 aromatic rings. The van der Waals surface area contributed by atoms with Crippen LogP contribution >= 0.6 is 12.4 Å². The molecule has 178 valence electrons. The summed E-state index contributed by atoms with van der Waals surface area (Å²) in [6.45, 7) is 0.471. The van der Waals surface area contributed by atoms with Crippen LogP contribution in [0.15, 0.2) is 67.1 Å². The molecule has 1 atom stereocenters. The van der Waals surface area contributed by atoms with Crippen LogP contribution in [0.3, 0.4) is 0 Å². The van der Waals surface area contributed by atoms with Gasteiger partial charge in [0.2, 0.25) is 0 Å². The van der Waals surface area contributed by atoms with E-state index in [2.05, 4.69) is 32.7 Å². The van der Waals surface area contributed by atoms with Crippen LogP contribution in [-0.4, -0.2) is 38.0 Å². The van der Waals surface area contributed by atoms with Gasteiger partial charge in [0.15, 0.2) is 11.5 Å². The first-order valence-corrected chi connectivity index (χ1v) is 11.5. The number of aromatic nitrogens is 4. The largest absolute Gasteiger partial charge is 0.364 e. The maximum absolute atomic E-state index is 6.05. The lowest BCUT2D eigenvalue weighted by atomic mass is 9.92. The summed E-state index contributed by atoms with van der Waals surface area (Å²) < 4.78 is 2.04. The van der Waals surface area contributed by atoms with Gasteiger partial charge in [0.1, 0.15) is 5.82 Å². The lowest BCUT2D eigenvalue weighted by Gasteiger charge is -2.27. The first-order chi connectivity index (χ1) is 16.2. The molecule has 3 heterocycles. The Kier molecular flexibility index (Phi) is 7.62. The first kappa shape index (κ1) is 23.9. The van der Waals surface area contributed by atoms with Crippen LogP contribution < -0.4 is 22.1 Å². The van der Waals surface area contributed by atoms with Gasteiger partial charge in [-0.2, -0.15) is 0 Å². The number of anilines is 2. The van der Waals surface area contributed by atoms with Crippen molar-refractivity contribution in [3.05, 3.63) is 72.7 Å². The van der Waals surface area contributed by atoms with Crippen molar-refractivity contribution in [1.82, 2.24) is 19.4 Å². The number of halogens is 1. The molecule has 1 aliphatic rings. The van der Waals surface area contributed by atoms with Crippen LogP contribution in [0, 0.1) is 0 Å². The molecule has 0 saturated heterocycles. The Morgan fingerprint density at radius 1 is 1.00 bits per heavy atom. The number of imidazole rings is 1. The SMILES string of the molecule is Cl.NCC(Nc1cccc(-c2cnc3c(NC4CCC(N)CC4)nccn23)n1)c1ccccc1. The van der Waals surface area contributed by atoms with E-state index in [1.54, 1.807) is 6.20 Å². The molecule has 8 nitrogen and oxygen atoms in total. The van der Waals surface area contributed by atoms with Gasteiger partial charge >= 0.3 is 0 Å². The van der Waals surface area contributed by atoms with Crippen molar-refractivity contribution in [2.75, 3.05) is 17.2 Å². The molecule has 3 aromatic heterocycles. The number of benzene rings is 1. The molecule has 0 spiro atoms. The first-order valence-electron chi connectivity index (χ1n) is 11.5. The fraction of sp³-hybridized carbons (Fsp3) is 0.320. The second-order valence-corrected chi connectivity index (χ2v) is 8.62. The Balaban J connectivity index is 0.00000274. The normalized spacial score (nSPS) is 18.8. The molecule has 1 aliphatic carbocycles. The maximum Gasteiger partial charge on any atom is 0.180 e. The van der Waals surface area contributed by atoms with E-state index in [1.807, 2.05) is 53.2 Å².